The number of nitrogens with one attached hydrogen (secondary N) is 11. The lowest BCUT2D eigenvalue weighted by Gasteiger charge is -2.48. The number of nitrogens with two attached hydrogens (primary N) is 1. The van der Waals surface area contributed by atoms with Crippen molar-refractivity contribution in [1.82, 2.24) is 58.4 Å². The van der Waals surface area contributed by atoms with Crippen molar-refractivity contribution in [3.63, 3.8) is 0 Å². The Morgan fingerprint density at radius 2 is 1.51 bits per heavy atom. The monoisotopic (exact) mass is 1810 g/mol. The van der Waals surface area contributed by atoms with Crippen LogP contribution in [0.4, 0.5) is 5.69 Å². The molecule has 2 saturated heterocycles. The summed E-state index contributed by atoms with van der Waals surface area (Å²) in [5, 5.41) is 153. The predicted octanol–water partition coefficient (Wildman–Crippen LogP) is 1.39. The number of fused-ring (bicyclic) bond motifs is 14. The minimum atomic E-state index is -2.31. The lowest BCUT2D eigenvalue weighted by molar-refractivity contribution is -0.334. The first kappa shape index (κ1) is 93.8. The van der Waals surface area contributed by atoms with Gasteiger partial charge in [-0.1, -0.05) is 67.7 Å². The highest BCUT2D eigenvalue weighted by Crippen LogP contribution is 2.49. The Morgan fingerprint density at radius 3 is 2.19 bits per heavy atom. The molecule has 24 N–H and O–H groups in total. The van der Waals surface area contributed by atoms with Crippen LogP contribution >= 0.6 is 46.4 Å². The third-order valence-electron chi connectivity index (χ3n) is 22.8. The number of rotatable bonds is 21. The Kier molecular flexibility index (Phi) is 30.3. The molecule has 13 unspecified atom stereocenters. The van der Waals surface area contributed by atoms with E-state index in [-0.39, 0.29) is 106 Å². The summed E-state index contributed by atoms with van der Waals surface area (Å²) in [6.45, 7) is 6.81. The van der Waals surface area contributed by atoms with Gasteiger partial charge in [-0.05, 0) is 134 Å². The van der Waals surface area contributed by atoms with E-state index in [0.717, 1.165) is 24.3 Å². The van der Waals surface area contributed by atoms with Crippen LogP contribution in [0.3, 0.4) is 0 Å². The van der Waals surface area contributed by atoms with E-state index in [0.29, 0.717) is 5.56 Å². The summed E-state index contributed by atoms with van der Waals surface area (Å²) in [5.74, 6) is -15.0. The first-order chi connectivity index (χ1) is 58.8. The fraction of sp³-hybridized carbons (Fsp3) is 0.500. The SMILES string of the molecule is CN[C@H](CC(C)C)C(=O)NC1C(=O)NC(CC(N)=O)C(=O)NC2C(=O)NC3C(=O)N[C@H](C(O)N[C@@H](C(=O)NNCCO)C4CC(O)=CC(O)=C4C4=C(O)CCC3=C4)[C@H](O)c3ccc(c(Cl)c3)Oc3cc2cc(c3O[C@@H]2O[C@H](CO)C(O)[C@H](O)C2OC2C[C@](C)(NCc3cncc(NC(=O)c4cc(Cl)cc(Cl)c4)c3)C(O)[C@H](C)O2)O[C@H]2C(Cl)C=C(CC2C)C1O. The fourth-order valence-corrected chi connectivity index (χ4v) is 17.6. The molecule has 42 heteroatoms. The third-order valence-corrected chi connectivity index (χ3v) is 24.0. The van der Waals surface area contributed by atoms with Gasteiger partial charge in [-0.25, -0.2) is 5.43 Å². The molecule has 4 aromatic rings. The second-order valence-electron chi connectivity index (χ2n) is 32.4. The number of hydrogen-bond donors (Lipinski definition) is 23. The molecule has 8 amide bonds. The van der Waals surface area contributed by atoms with E-state index in [9.17, 15) is 75.3 Å². The highest BCUT2D eigenvalue weighted by molar-refractivity contribution is 6.35. The zero-order chi connectivity index (χ0) is 89.8. The first-order valence-electron chi connectivity index (χ1n) is 40.1. The van der Waals surface area contributed by atoms with E-state index in [1.165, 1.54) is 68.8 Å². The van der Waals surface area contributed by atoms with Crippen LogP contribution in [0.1, 0.15) is 119 Å². The van der Waals surface area contributed by atoms with Crippen molar-refractivity contribution in [2.24, 2.45) is 23.5 Å². The molecule has 0 radical (unpaired) electrons. The number of benzene rings is 3. The largest absolute Gasteiger partial charge is 0.512 e. The number of hydrazine groups is 1. The number of pyridine rings is 1. The fourth-order valence-electron chi connectivity index (χ4n) is 16.4. The standard InChI is InChI=1S/C82H101Cl4N13O25/c1-32(2)13-49(88-6)74(112)97-64-66(107)39-14-33(3)69(48(86)20-39)121-55-22-38-21-54(70(55)124-81-71(68(109)67(108)56(31-101)122-81)123-58-27-82(5,72(110)34(4)119-58)90-29-35-15-43(30-89-28-35)92-73(111)40-16-41(83)23-42(84)17-40)120-53-10-8-37(19-47(53)85)65(106)63-79(117)96-62(80(118)99-91-11-12-100)46-24-44(102)25-52(104)59(46)45-18-36(7-9-51(45)103)60(76(114)98-63)95-77(115)61(38)94-75(113)50(26-57(87)105)93-78(64)116/h8,10,15-23,25,28,30,32-34,46,48-50,56,58,60-69,71-72,79,81,88,90-91,96,100-104,106-110,117H,7,9,11-14,24,26-27,29,31H2,1-6H3,(H2,87,105)(H,92,111)(H,93,116)(H,94,113)(H,95,115)(H,97,112)(H,98,114)(H,99,118)/t33?,34-,46?,48?,49+,50?,56+,58?,60?,61?,62+,63-,64?,65+,66?,67?,68-,69+,71?,72?,79?,81-,82-/m0/s1. The highest BCUT2D eigenvalue weighted by atomic mass is 35.5. The van der Waals surface area contributed by atoms with Crippen molar-refractivity contribution in [2.75, 3.05) is 32.1 Å². The number of aliphatic hydroxyl groups is 11. The molecular weight excluding hydrogens is 1710 g/mol. The molecule has 11 bridgehead atoms. The van der Waals surface area contributed by atoms with Gasteiger partial charge in [-0.15, -0.1) is 11.6 Å². The lowest BCUT2D eigenvalue weighted by Crippen LogP contribution is -2.65. The Hall–Kier alpha value is -9.37. The van der Waals surface area contributed by atoms with E-state index in [1.54, 1.807) is 19.9 Å². The van der Waals surface area contributed by atoms with Crippen LogP contribution < -0.4 is 78.6 Å². The Bertz CT molecular complexity index is 4870. The average molecular weight is 1810 g/mol. The van der Waals surface area contributed by atoms with E-state index < -0.39 is 257 Å². The maximum Gasteiger partial charge on any atom is 0.255 e. The molecule has 23 atom stereocenters. The number of anilines is 1. The van der Waals surface area contributed by atoms with Crippen LogP contribution in [0.15, 0.2) is 125 Å². The topological polar surface area (TPSA) is 586 Å². The minimum Gasteiger partial charge on any atom is -0.512 e. The summed E-state index contributed by atoms with van der Waals surface area (Å²) < 4.78 is 40.2. The number of alkyl halides is 1. The summed E-state index contributed by atoms with van der Waals surface area (Å²) in [6.07, 6.45) is -17.4. The number of carbonyl (C=O) groups is 8. The van der Waals surface area contributed by atoms with Gasteiger partial charge in [-0.2, -0.15) is 0 Å². The van der Waals surface area contributed by atoms with Crippen LogP contribution in [0.5, 0.6) is 23.0 Å². The van der Waals surface area contributed by atoms with Crippen molar-refractivity contribution >= 4 is 99.3 Å². The summed E-state index contributed by atoms with van der Waals surface area (Å²) >= 11 is 27.1. The second-order valence-corrected chi connectivity index (χ2v) is 34.2. The highest BCUT2D eigenvalue weighted by Gasteiger charge is 2.53. The first-order valence-corrected chi connectivity index (χ1v) is 41.7. The van der Waals surface area contributed by atoms with Crippen LogP contribution in [0, 0.1) is 17.8 Å². The number of ether oxygens (including phenoxy) is 6. The number of carbonyl (C=O) groups excluding carboxylic acids is 8. The van der Waals surface area contributed by atoms with Crippen LogP contribution in [-0.2, 0) is 54.3 Å². The molecular formula is C82H101Cl4N13O25. The molecule has 2 fully saturated rings. The molecule has 1 aromatic heterocycles. The van der Waals surface area contributed by atoms with Gasteiger partial charge in [0.1, 0.15) is 84.3 Å². The van der Waals surface area contributed by atoms with Gasteiger partial charge in [0, 0.05) is 82.8 Å². The summed E-state index contributed by atoms with van der Waals surface area (Å²) in [6, 6.07) is -1.57. The van der Waals surface area contributed by atoms with Gasteiger partial charge in [0.15, 0.2) is 23.9 Å². The molecule has 38 nitrogen and oxygen atoms in total. The van der Waals surface area contributed by atoms with Gasteiger partial charge >= 0.3 is 0 Å². The van der Waals surface area contributed by atoms with E-state index in [2.05, 4.69) is 63.7 Å². The van der Waals surface area contributed by atoms with Gasteiger partial charge in [0.2, 0.25) is 47.5 Å². The summed E-state index contributed by atoms with van der Waals surface area (Å²) in [5.41, 5.74) is 9.23. The van der Waals surface area contributed by atoms with Crippen LogP contribution in [0.2, 0.25) is 15.1 Å². The quantitative estimate of drug-likeness (QED) is 0.0243. The van der Waals surface area contributed by atoms with E-state index in [1.807, 2.05) is 13.8 Å². The number of hydrogen-bond acceptors (Lipinski definition) is 30. The normalized spacial score (nSPS) is 31.3. The molecule has 0 saturated carbocycles. The molecule has 3 aliphatic carbocycles. The van der Waals surface area contributed by atoms with E-state index in [4.69, 9.17) is 80.6 Å². The second kappa shape index (κ2) is 40.1. The molecule has 10 aliphatic rings. The maximum absolute atomic E-state index is 16.5. The summed E-state index contributed by atoms with van der Waals surface area (Å²) in [7, 11) is 1.50. The Balaban J connectivity index is 1.02. The molecule has 7 aliphatic heterocycles. The number of aliphatic hydroxyl groups excluding tert-OH is 11. The number of nitrogens with zero attached hydrogens (tertiary/aromatic N) is 1. The van der Waals surface area contributed by atoms with Gasteiger partial charge in [-0.3, -0.25) is 54.1 Å². The zero-order valence-corrected chi connectivity index (χ0v) is 70.8. The van der Waals surface area contributed by atoms with Crippen LogP contribution in [-0.4, -0.2) is 250 Å². The minimum absolute atomic E-state index is 0.00559. The Labute approximate surface area is 730 Å². The van der Waals surface area contributed by atoms with Crippen molar-refractivity contribution in [3.8, 4) is 23.0 Å². The smallest absolute Gasteiger partial charge is 0.255 e. The van der Waals surface area contributed by atoms with Crippen molar-refractivity contribution in [2.45, 2.75) is 213 Å². The number of halogens is 4. The van der Waals surface area contributed by atoms with Gasteiger partial charge in [0.25, 0.3) is 11.8 Å². The summed E-state index contributed by atoms with van der Waals surface area (Å²) in [4.78, 5) is 123. The predicted molar refractivity (Wildman–Crippen MR) is 443 cm³/mol. The molecule has 3 aromatic carbocycles. The van der Waals surface area contributed by atoms with Crippen molar-refractivity contribution in [1.29, 1.82) is 0 Å². The molecule has 8 heterocycles. The maximum atomic E-state index is 16.5. The lowest BCUT2D eigenvalue weighted by atomic mass is 9.76. The molecule has 124 heavy (non-hydrogen) atoms. The Morgan fingerprint density at radius 1 is 0.790 bits per heavy atom. The van der Waals surface area contributed by atoms with Gasteiger partial charge in [0.05, 0.1) is 78.0 Å². The number of primary amides is 1. The molecule has 672 valence electrons. The number of likely N-dealkylation sites (N-methyl/N-ethyl adjacent to an activating group) is 1. The van der Waals surface area contributed by atoms with Crippen molar-refractivity contribution in [3.05, 3.63) is 162 Å². The van der Waals surface area contributed by atoms with E-state index >= 15 is 19.2 Å². The molecule has 14 rings (SSSR count). The van der Waals surface area contributed by atoms with Crippen molar-refractivity contribution < 1.29 is 123 Å². The number of aromatic nitrogens is 1. The van der Waals surface area contributed by atoms with Gasteiger partial charge < -0.3 is 133 Å². The van der Waals surface area contributed by atoms with Crippen LogP contribution in [0.25, 0.3) is 0 Å². The molecule has 0 spiro atoms. The number of amides is 8. The third kappa shape index (κ3) is 21.3. The average Bonchev–Trinajstić information content (AvgIpc) is 0.760. The number of allylic oxidation sites excluding steroid dienone is 5. The zero-order valence-electron chi connectivity index (χ0n) is 67.8.